The van der Waals surface area contributed by atoms with Crippen LogP contribution in [0.15, 0.2) is 35.2 Å². The molecule has 0 aliphatic carbocycles. The number of imidazole rings is 1. The van der Waals surface area contributed by atoms with E-state index in [9.17, 15) is 13.2 Å². The first kappa shape index (κ1) is 11.2. The summed E-state index contributed by atoms with van der Waals surface area (Å²) in [7, 11) is 0. The van der Waals surface area contributed by atoms with Gasteiger partial charge in [-0.05, 0) is 23.6 Å². The molecule has 0 amide bonds. The number of fused-ring (bicyclic) bond motifs is 1. The van der Waals surface area contributed by atoms with Crippen LogP contribution in [0.1, 0.15) is 5.69 Å². The van der Waals surface area contributed by atoms with Crippen LogP contribution >= 0.6 is 11.3 Å². The van der Waals surface area contributed by atoms with E-state index in [-0.39, 0.29) is 5.65 Å². The second-order valence-corrected chi connectivity index (χ2v) is 4.44. The van der Waals surface area contributed by atoms with Gasteiger partial charge in [0.2, 0.25) is 0 Å². The number of hydrogen-bond acceptors (Lipinski definition) is 3. The minimum atomic E-state index is -4.45. The quantitative estimate of drug-likeness (QED) is 0.677. The third-order valence-electron chi connectivity index (χ3n) is 2.43. The van der Waals surface area contributed by atoms with Gasteiger partial charge in [-0.2, -0.15) is 29.6 Å². The fourth-order valence-electron chi connectivity index (χ4n) is 1.58. The zero-order valence-corrected chi connectivity index (χ0v) is 9.66. The van der Waals surface area contributed by atoms with E-state index in [4.69, 9.17) is 0 Å². The lowest BCUT2D eigenvalue weighted by Gasteiger charge is -1.98. The van der Waals surface area contributed by atoms with Gasteiger partial charge in [0.1, 0.15) is 0 Å². The van der Waals surface area contributed by atoms with Crippen molar-refractivity contribution in [2.24, 2.45) is 0 Å². The summed E-state index contributed by atoms with van der Waals surface area (Å²) in [6.45, 7) is 0. The molecule has 3 aromatic heterocycles. The topological polar surface area (TPSA) is 30.2 Å². The van der Waals surface area contributed by atoms with E-state index in [1.807, 2.05) is 16.8 Å². The minimum absolute atomic E-state index is 0.182. The van der Waals surface area contributed by atoms with Gasteiger partial charge in [-0.15, -0.1) is 0 Å². The van der Waals surface area contributed by atoms with Gasteiger partial charge in [-0.3, -0.25) is 0 Å². The largest absolute Gasteiger partial charge is 0.434 e. The second-order valence-electron chi connectivity index (χ2n) is 3.66. The lowest BCUT2D eigenvalue weighted by atomic mass is 10.2. The summed E-state index contributed by atoms with van der Waals surface area (Å²) in [5.41, 5.74) is 0.748. The molecule has 0 saturated heterocycles. The van der Waals surface area contributed by atoms with Crippen molar-refractivity contribution in [3.05, 3.63) is 40.8 Å². The molecule has 0 aromatic carbocycles. The zero-order valence-electron chi connectivity index (χ0n) is 8.85. The van der Waals surface area contributed by atoms with Crippen molar-refractivity contribution in [1.29, 1.82) is 0 Å². The molecule has 0 fully saturated rings. The fourth-order valence-corrected chi connectivity index (χ4v) is 2.23. The Bertz CT molecular complexity index is 685. The maximum atomic E-state index is 12.5. The first-order valence-electron chi connectivity index (χ1n) is 5.00. The highest BCUT2D eigenvalue weighted by molar-refractivity contribution is 7.08. The molecule has 0 spiro atoms. The Hall–Kier alpha value is -1.89. The number of hydrogen-bond donors (Lipinski definition) is 0. The Morgan fingerprint density at radius 3 is 2.67 bits per heavy atom. The van der Waals surface area contributed by atoms with E-state index >= 15 is 0 Å². The molecule has 0 radical (unpaired) electrons. The molecule has 3 aromatic rings. The van der Waals surface area contributed by atoms with E-state index in [0.717, 1.165) is 16.3 Å². The van der Waals surface area contributed by atoms with E-state index in [1.54, 1.807) is 6.07 Å². The summed E-state index contributed by atoms with van der Waals surface area (Å²) in [6, 6.07) is 5.04. The summed E-state index contributed by atoms with van der Waals surface area (Å²) in [6.07, 6.45) is -3.55. The van der Waals surface area contributed by atoms with Crippen LogP contribution in [0.2, 0.25) is 0 Å². The van der Waals surface area contributed by atoms with Gasteiger partial charge in [-0.25, -0.2) is 9.50 Å². The van der Waals surface area contributed by atoms with E-state index in [1.165, 1.54) is 17.4 Å². The second kappa shape index (κ2) is 3.81. The summed E-state index contributed by atoms with van der Waals surface area (Å²) in [4.78, 5) is 3.48. The number of thiophene rings is 1. The van der Waals surface area contributed by atoms with Gasteiger partial charge >= 0.3 is 6.18 Å². The van der Waals surface area contributed by atoms with Gasteiger partial charge in [-0.1, -0.05) is 0 Å². The first-order valence-corrected chi connectivity index (χ1v) is 5.94. The highest BCUT2D eigenvalue weighted by atomic mass is 32.1. The van der Waals surface area contributed by atoms with E-state index < -0.39 is 11.9 Å². The van der Waals surface area contributed by atoms with E-state index in [0.29, 0.717) is 5.69 Å². The maximum absolute atomic E-state index is 12.5. The smallest absolute Gasteiger partial charge is 0.223 e. The van der Waals surface area contributed by atoms with Crippen molar-refractivity contribution in [3.63, 3.8) is 0 Å². The lowest BCUT2D eigenvalue weighted by Crippen LogP contribution is -2.04. The summed E-state index contributed by atoms with van der Waals surface area (Å²) < 4.78 is 38.6. The number of alkyl halides is 3. The zero-order chi connectivity index (χ0) is 12.8. The van der Waals surface area contributed by atoms with Crippen molar-refractivity contribution < 1.29 is 13.2 Å². The van der Waals surface area contributed by atoms with Crippen molar-refractivity contribution >= 4 is 17.0 Å². The molecule has 0 aliphatic heterocycles. The molecule has 18 heavy (non-hydrogen) atoms. The lowest BCUT2D eigenvalue weighted by molar-refractivity contribution is -0.140. The molecule has 0 aliphatic rings. The Morgan fingerprint density at radius 2 is 2.00 bits per heavy atom. The monoisotopic (exact) mass is 269 g/mol. The summed E-state index contributed by atoms with van der Waals surface area (Å²) in [5, 5.41) is 7.88. The summed E-state index contributed by atoms with van der Waals surface area (Å²) >= 11 is 1.50. The van der Waals surface area contributed by atoms with Crippen LogP contribution in [0.25, 0.3) is 16.9 Å². The predicted octanol–water partition coefficient (Wildman–Crippen LogP) is 3.48. The molecular weight excluding hydrogens is 263 g/mol. The molecule has 3 rings (SSSR count). The Labute approximate surface area is 104 Å². The van der Waals surface area contributed by atoms with Gasteiger partial charge in [0, 0.05) is 10.9 Å². The van der Waals surface area contributed by atoms with Crippen LogP contribution in [0.5, 0.6) is 0 Å². The highest BCUT2D eigenvalue weighted by Gasteiger charge is 2.34. The van der Waals surface area contributed by atoms with Crippen LogP contribution in [-0.2, 0) is 6.18 Å². The molecule has 0 saturated carbocycles. The molecule has 0 unspecified atom stereocenters. The van der Waals surface area contributed by atoms with Gasteiger partial charge < -0.3 is 0 Å². The molecule has 92 valence electrons. The van der Waals surface area contributed by atoms with Crippen LogP contribution in [0, 0.1) is 0 Å². The molecule has 0 N–H and O–H groups in total. The van der Waals surface area contributed by atoms with Crippen LogP contribution in [-0.4, -0.2) is 14.6 Å². The number of halogens is 3. The molecule has 7 heteroatoms. The Morgan fingerprint density at radius 1 is 1.17 bits per heavy atom. The van der Waals surface area contributed by atoms with Crippen LogP contribution in [0.4, 0.5) is 13.2 Å². The minimum Gasteiger partial charge on any atom is -0.223 e. The van der Waals surface area contributed by atoms with Gasteiger partial charge in [0.15, 0.2) is 11.3 Å². The SMILES string of the molecule is FC(F)(F)c1cn2nc(-c3ccsc3)ccc2n1. The Kier molecular flexibility index (Phi) is 2.37. The molecule has 0 atom stereocenters. The van der Waals surface area contributed by atoms with Crippen molar-refractivity contribution in [3.8, 4) is 11.3 Å². The van der Waals surface area contributed by atoms with Crippen LogP contribution < -0.4 is 0 Å². The van der Waals surface area contributed by atoms with E-state index in [2.05, 4.69) is 10.1 Å². The predicted molar refractivity (Wildman–Crippen MR) is 61.3 cm³/mol. The standard InChI is InChI=1S/C11H6F3N3S/c12-11(13,14)9-5-17-10(15-9)2-1-8(16-17)7-3-4-18-6-7/h1-6H. The van der Waals surface area contributed by atoms with Gasteiger partial charge in [0.25, 0.3) is 0 Å². The first-order chi connectivity index (χ1) is 8.54. The average molecular weight is 269 g/mol. The summed E-state index contributed by atoms with van der Waals surface area (Å²) in [5.74, 6) is 0. The highest BCUT2D eigenvalue weighted by Crippen LogP contribution is 2.28. The average Bonchev–Trinajstić information content (AvgIpc) is 2.96. The third-order valence-corrected chi connectivity index (χ3v) is 3.11. The number of rotatable bonds is 1. The molecule has 3 heterocycles. The molecule has 0 bridgehead atoms. The van der Waals surface area contributed by atoms with Crippen molar-refractivity contribution in [1.82, 2.24) is 14.6 Å². The van der Waals surface area contributed by atoms with Crippen LogP contribution in [0.3, 0.4) is 0 Å². The normalized spacial score (nSPS) is 12.2. The fraction of sp³-hybridized carbons (Fsp3) is 0.0909. The third kappa shape index (κ3) is 1.86. The van der Waals surface area contributed by atoms with Gasteiger partial charge in [0.05, 0.1) is 11.9 Å². The maximum Gasteiger partial charge on any atom is 0.434 e. The van der Waals surface area contributed by atoms with Crippen molar-refractivity contribution in [2.75, 3.05) is 0 Å². The Balaban J connectivity index is 2.13. The molecular formula is C11H6F3N3S. The molecule has 3 nitrogen and oxygen atoms in total. The number of aromatic nitrogens is 3. The van der Waals surface area contributed by atoms with Crippen molar-refractivity contribution in [2.45, 2.75) is 6.18 Å². The number of nitrogens with zero attached hydrogens (tertiary/aromatic N) is 3.